The molecule has 2 aromatic rings. The Balaban J connectivity index is 1.36. The van der Waals surface area contributed by atoms with Gasteiger partial charge in [-0.05, 0) is 36.4 Å². The van der Waals surface area contributed by atoms with Gasteiger partial charge in [-0.1, -0.05) is 6.07 Å². The van der Waals surface area contributed by atoms with Gasteiger partial charge in [-0.25, -0.2) is 0 Å². The summed E-state index contributed by atoms with van der Waals surface area (Å²) in [5.41, 5.74) is 4.80. The molecule has 4 rings (SSSR count). The molecule has 118 valence electrons. The van der Waals surface area contributed by atoms with Crippen molar-refractivity contribution in [1.29, 1.82) is 0 Å². The van der Waals surface area contributed by atoms with Gasteiger partial charge in [0, 0.05) is 11.8 Å². The minimum absolute atomic E-state index is 0.000801. The van der Waals surface area contributed by atoms with E-state index < -0.39 is 0 Å². The number of fused-ring (bicyclic) bond motifs is 1. The summed E-state index contributed by atoms with van der Waals surface area (Å²) >= 11 is 0. The molecule has 1 aromatic carbocycles. The second kappa shape index (κ2) is 6.28. The third-order valence-electron chi connectivity index (χ3n) is 3.60. The second-order valence-electron chi connectivity index (χ2n) is 5.26. The molecule has 1 atom stereocenters. The van der Waals surface area contributed by atoms with Gasteiger partial charge in [0.05, 0.1) is 24.9 Å². The Morgan fingerprint density at radius 1 is 1.17 bits per heavy atom. The van der Waals surface area contributed by atoms with Crippen LogP contribution in [0.5, 0.6) is 11.5 Å². The lowest BCUT2D eigenvalue weighted by molar-refractivity contribution is 0.0700. The Hall–Kier alpha value is -2.57. The number of pyridine rings is 1. The molecule has 0 saturated heterocycles. The smallest absolute Gasteiger partial charge is 0.231 e. The molecule has 0 aliphatic carbocycles. The molecule has 1 unspecified atom stereocenters. The lowest BCUT2D eigenvalue weighted by Gasteiger charge is -2.08. The first-order valence-corrected chi connectivity index (χ1v) is 7.40. The molecule has 0 fully saturated rings. The molecular formula is C17H16N2O4. The van der Waals surface area contributed by atoms with Crippen LogP contribution in [0.4, 0.5) is 0 Å². The maximum atomic E-state index is 5.67. The average molecular weight is 312 g/mol. The number of aromatic nitrogens is 1. The van der Waals surface area contributed by atoms with Crippen molar-refractivity contribution in [3.8, 4) is 11.5 Å². The van der Waals surface area contributed by atoms with Crippen LogP contribution in [0.25, 0.3) is 5.76 Å². The van der Waals surface area contributed by atoms with Crippen molar-refractivity contribution >= 4 is 5.76 Å². The van der Waals surface area contributed by atoms with Crippen LogP contribution in [0.1, 0.15) is 11.3 Å². The van der Waals surface area contributed by atoms with Gasteiger partial charge in [-0.3, -0.25) is 4.98 Å². The molecule has 3 heterocycles. The van der Waals surface area contributed by atoms with E-state index in [2.05, 4.69) is 10.5 Å². The summed E-state index contributed by atoms with van der Waals surface area (Å²) in [6, 6.07) is 11.5. The van der Waals surface area contributed by atoms with Crippen molar-refractivity contribution in [1.82, 2.24) is 10.5 Å². The van der Waals surface area contributed by atoms with Gasteiger partial charge in [0.15, 0.2) is 17.3 Å². The molecule has 0 saturated carbocycles. The van der Waals surface area contributed by atoms with Crippen LogP contribution in [-0.4, -0.2) is 24.4 Å². The van der Waals surface area contributed by atoms with Crippen LogP contribution in [0.15, 0.2) is 48.7 Å². The maximum absolute atomic E-state index is 5.67. The first-order chi connectivity index (χ1) is 11.4. The topological polar surface area (TPSA) is 61.8 Å². The SMILES string of the molecule is C1=C(c2ccc3c(c2)OCO3)ONC1COCc1ccccn1. The molecule has 1 N–H and O–H groups in total. The Kier molecular flexibility index (Phi) is 3.83. The normalized spacial score (nSPS) is 18.6. The highest BCUT2D eigenvalue weighted by Crippen LogP contribution is 2.35. The van der Waals surface area contributed by atoms with Gasteiger partial charge in [-0.15, -0.1) is 5.48 Å². The Morgan fingerprint density at radius 2 is 2.13 bits per heavy atom. The van der Waals surface area contributed by atoms with E-state index in [1.807, 2.05) is 42.5 Å². The van der Waals surface area contributed by atoms with Crippen LogP contribution < -0.4 is 15.0 Å². The van der Waals surface area contributed by atoms with E-state index in [0.29, 0.717) is 13.2 Å². The quantitative estimate of drug-likeness (QED) is 0.914. The Bertz CT molecular complexity index is 718. The van der Waals surface area contributed by atoms with Crippen molar-refractivity contribution in [2.45, 2.75) is 12.6 Å². The van der Waals surface area contributed by atoms with Gasteiger partial charge in [-0.2, -0.15) is 0 Å². The summed E-state index contributed by atoms with van der Waals surface area (Å²) in [5.74, 6) is 2.26. The summed E-state index contributed by atoms with van der Waals surface area (Å²) in [6.07, 6.45) is 3.75. The molecule has 0 radical (unpaired) electrons. The third kappa shape index (κ3) is 3.13. The van der Waals surface area contributed by atoms with Gasteiger partial charge in [0.2, 0.25) is 6.79 Å². The summed E-state index contributed by atoms with van der Waals surface area (Å²) < 4.78 is 16.4. The zero-order chi connectivity index (χ0) is 15.5. The Labute approximate surface area is 133 Å². The number of hydroxylamine groups is 1. The lowest BCUT2D eigenvalue weighted by Crippen LogP contribution is -2.26. The summed E-state index contributed by atoms with van der Waals surface area (Å²) in [7, 11) is 0. The van der Waals surface area contributed by atoms with Gasteiger partial charge >= 0.3 is 0 Å². The fourth-order valence-corrected chi connectivity index (χ4v) is 2.45. The Morgan fingerprint density at radius 3 is 3.04 bits per heavy atom. The van der Waals surface area contributed by atoms with Gasteiger partial charge in [0.1, 0.15) is 0 Å². The molecule has 6 nitrogen and oxygen atoms in total. The fourth-order valence-electron chi connectivity index (χ4n) is 2.45. The number of rotatable bonds is 5. The van der Waals surface area contributed by atoms with Crippen molar-refractivity contribution in [2.75, 3.05) is 13.4 Å². The van der Waals surface area contributed by atoms with E-state index in [1.165, 1.54) is 0 Å². The summed E-state index contributed by atoms with van der Waals surface area (Å²) in [5, 5.41) is 0. The number of benzene rings is 1. The van der Waals surface area contributed by atoms with E-state index in [0.717, 1.165) is 28.5 Å². The number of ether oxygens (including phenoxy) is 3. The molecule has 0 amide bonds. The minimum atomic E-state index is -0.000801. The number of nitrogens with zero attached hydrogens (tertiary/aromatic N) is 1. The summed E-state index contributed by atoms with van der Waals surface area (Å²) in [6.45, 7) is 1.25. The maximum Gasteiger partial charge on any atom is 0.231 e. The predicted molar refractivity (Wildman–Crippen MR) is 82.4 cm³/mol. The van der Waals surface area contributed by atoms with E-state index in [-0.39, 0.29) is 12.8 Å². The standard InChI is InChI=1S/C17H16N2O4/c1-2-6-18-13(3-1)9-20-10-14-8-16(23-19-14)12-4-5-15-17(7-12)22-11-21-15/h1-8,14,19H,9-11H2. The molecule has 2 aliphatic rings. The van der Waals surface area contributed by atoms with Crippen LogP contribution in [0.3, 0.4) is 0 Å². The molecule has 2 aliphatic heterocycles. The van der Waals surface area contributed by atoms with Crippen molar-refractivity contribution < 1.29 is 19.0 Å². The molecule has 1 aromatic heterocycles. The second-order valence-corrected chi connectivity index (χ2v) is 5.26. The van der Waals surface area contributed by atoms with Crippen LogP contribution in [0.2, 0.25) is 0 Å². The average Bonchev–Trinajstić information content (AvgIpc) is 3.24. The van der Waals surface area contributed by atoms with Crippen LogP contribution >= 0.6 is 0 Å². The fraction of sp³-hybridized carbons (Fsp3) is 0.235. The van der Waals surface area contributed by atoms with Crippen molar-refractivity contribution in [3.05, 3.63) is 59.9 Å². The largest absolute Gasteiger partial charge is 0.454 e. The van der Waals surface area contributed by atoms with E-state index in [1.54, 1.807) is 6.20 Å². The highest BCUT2D eigenvalue weighted by atomic mass is 16.7. The third-order valence-corrected chi connectivity index (χ3v) is 3.60. The highest BCUT2D eigenvalue weighted by molar-refractivity contribution is 5.65. The van der Waals surface area contributed by atoms with Gasteiger partial charge < -0.3 is 19.0 Å². The van der Waals surface area contributed by atoms with Crippen LogP contribution in [-0.2, 0) is 16.2 Å². The summed E-state index contributed by atoms with van der Waals surface area (Å²) in [4.78, 5) is 9.75. The van der Waals surface area contributed by atoms with Crippen molar-refractivity contribution in [3.63, 3.8) is 0 Å². The van der Waals surface area contributed by atoms with E-state index in [9.17, 15) is 0 Å². The lowest BCUT2D eigenvalue weighted by atomic mass is 10.1. The number of nitrogens with one attached hydrogen (secondary N) is 1. The highest BCUT2D eigenvalue weighted by Gasteiger charge is 2.21. The van der Waals surface area contributed by atoms with Crippen LogP contribution in [0, 0.1) is 0 Å². The molecular weight excluding hydrogens is 296 g/mol. The molecule has 0 bridgehead atoms. The van der Waals surface area contributed by atoms with E-state index in [4.69, 9.17) is 19.0 Å². The monoisotopic (exact) mass is 312 g/mol. The zero-order valence-corrected chi connectivity index (χ0v) is 12.4. The minimum Gasteiger partial charge on any atom is -0.454 e. The predicted octanol–water partition coefficient (Wildman–Crippen LogP) is 2.27. The molecule has 6 heteroatoms. The van der Waals surface area contributed by atoms with E-state index >= 15 is 0 Å². The van der Waals surface area contributed by atoms with Crippen molar-refractivity contribution in [2.24, 2.45) is 0 Å². The number of hydrogen-bond acceptors (Lipinski definition) is 6. The molecule has 23 heavy (non-hydrogen) atoms. The first kappa shape index (κ1) is 14.0. The molecule has 0 spiro atoms. The zero-order valence-electron chi connectivity index (χ0n) is 12.4. The first-order valence-electron chi connectivity index (χ1n) is 7.40. The number of hydrogen-bond donors (Lipinski definition) is 1. The van der Waals surface area contributed by atoms with Gasteiger partial charge in [0.25, 0.3) is 0 Å².